The molecule has 0 unspecified atom stereocenters. The number of nitrogens with zero attached hydrogens (tertiary/aromatic N) is 3. The summed E-state index contributed by atoms with van der Waals surface area (Å²) < 4.78 is 0. The van der Waals surface area contributed by atoms with Crippen LogP contribution in [0.5, 0.6) is 0 Å². The Morgan fingerprint density at radius 3 is 2.73 bits per heavy atom. The molecule has 1 aliphatic rings. The minimum absolute atomic E-state index is 0.373. The molecule has 1 rings (SSSR count). The van der Waals surface area contributed by atoms with Crippen molar-refractivity contribution in [1.29, 1.82) is 0 Å². The van der Waals surface area contributed by atoms with Crippen LogP contribution in [0.15, 0.2) is 4.99 Å². The number of nitrogens with two attached hydrogens (primary N) is 1. The van der Waals surface area contributed by atoms with Crippen molar-refractivity contribution in [2.24, 2.45) is 10.7 Å². The molecule has 1 aliphatic heterocycles. The molecule has 0 bridgehead atoms. The van der Waals surface area contributed by atoms with E-state index in [9.17, 15) is 0 Å². The summed E-state index contributed by atoms with van der Waals surface area (Å²) in [6.07, 6.45) is 4.37. The first-order valence-corrected chi connectivity index (χ1v) is 4.02. The molecular formula is C7H16N4. The van der Waals surface area contributed by atoms with Crippen LogP contribution in [0.4, 0.5) is 0 Å². The van der Waals surface area contributed by atoms with E-state index in [1.54, 1.807) is 6.34 Å². The van der Waals surface area contributed by atoms with Gasteiger partial charge in [-0.15, -0.1) is 0 Å². The molecule has 1 saturated heterocycles. The molecule has 2 N–H and O–H groups in total. The molecule has 0 radical (unpaired) electrons. The molecule has 0 aromatic carbocycles. The third-order valence-corrected chi connectivity index (χ3v) is 1.88. The van der Waals surface area contributed by atoms with E-state index in [-0.39, 0.29) is 0 Å². The fourth-order valence-corrected chi connectivity index (χ4v) is 1.25. The lowest BCUT2D eigenvalue weighted by atomic mass is 10.4. The van der Waals surface area contributed by atoms with E-state index in [1.807, 2.05) is 12.1 Å². The Kier molecular flexibility index (Phi) is 3.32. The van der Waals surface area contributed by atoms with Crippen LogP contribution in [0.2, 0.25) is 0 Å². The van der Waals surface area contributed by atoms with Crippen molar-refractivity contribution in [1.82, 2.24) is 10.0 Å². The molecule has 0 aliphatic carbocycles. The summed E-state index contributed by atoms with van der Waals surface area (Å²) in [5.74, 6) is 0. The van der Waals surface area contributed by atoms with Gasteiger partial charge in [-0.3, -0.25) is 10.0 Å². The fourth-order valence-electron chi connectivity index (χ4n) is 1.25. The Morgan fingerprint density at radius 2 is 2.18 bits per heavy atom. The molecule has 1 fully saturated rings. The Hall–Kier alpha value is -0.610. The van der Waals surface area contributed by atoms with E-state index in [2.05, 4.69) is 10.0 Å². The van der Waals surface area contributed by atoms with Crippen LogP contribution in [0, 0.1) is 0 Å². The van der Waals surface area contributed by atoms with Crippen LogP contribution in [0.25, 0.3) is 0 Å². The first-order valence-electron chi connectivity index (χ1n) is 4.02. The number of aliphatic imine (C=N–C) groups is 1. The van der Waals surface area contributed by atoms with Crippen molar-refractivity contribution in [3.05, 3.63) is 0 Å². The van der Waals surface area contributed by atoms with Crippen LogP contribution < -0.4 is 5.73 Å². The highest BCUT2D eigenvalue weighted by molar-refractivity contribution is 5.53. The van der Waals surface area contributed by atoms with E-state index in [0.717, 1.165) is 13.1 Å². The normalized spacial score (nSPS) is 19.8. The summed E-state index contributed by atoms with van der Waals surface area (Å²) >= 11 is 0. The maximum absolute atomic E-state index is 5.23. The lowest BCUT2D eigenvalue weighted by Crippen LogP contribution is -2.36. The van der Waals surface area contributed by atoms with Crippen molar-refractivity contribution in [3.63, 3.8) is 0 Å². The van der Waals surface area contributed by atoms with Crippen LogP contribution in [0.1, 0.15) is 12.8 Å². The molecule has 0 amide bonds. The predicted octanol–water partition coefficient (Wildman–Crippen LogP) is -0.127. The first-order chi connectivity index (χ1) is 5.34. The van der Waals surface area contributed by atoms with E-state index >= 15 is 0 Å². The Labute approximate surface area is 67.6 Å². The number of rotatable bonds is 3. The van der Waals surface area contributed by atoms with Crippen molar-refractivity contribution in [2.75, 3.05) is 26.8 Å². The first kappa shape index (κ1) is 8.49. The second kappa shape index (κ2) is 4.31. The lowest BCUT2D eigenvalue weighted by Gasteiger charge is -2.24. The van der Waals surface area contributed by atoms with Gasteiger partial charge in [0, 0.05) is 20.1 Å². The van der Waals surface area contributed by atoms with Gasteiger partial charge < -0.3 is 5.73 Å². The maximum atomic E-state index is 5.23. The van der Waals surface area contributed by atoms with Gasteiger partial charge in [-0.05, 0) is 12.8 Å². The van der Waals surface area contributed by atoms with Crippen molar-refractivity contribution >= 4 is 6.34 Å². The average molecular weight is 156 g/mol. The zero-order valence-electron chi connectivity index (χ0n) is 7.03. The molecule has 64 valence electrons. The molecule has 11 heavy (non-hydrogen) atoms. The zero-order valence-corrected chi connectivity index (χ0v) is 7.03. The third kappa shape index (κ3) is 2.48. The second-order valence-corrected chi connectivity index (χ2v) is 2.72. The molecule has 0 saturated carbocycles. The topological polar surface area (TPSA) is 44.9 Å². The zero-order chi connectivity index (χ0) is 8.10. The number of hydrogen-bond acceptors (Lipinski definition) is 3. The number of hydrazine groups is 1. The van der Waals surface area contributed by atoms with Gasteiger partial charge in [0.2, 0.25) is 0 Å². The quantitative estimate of drug-likeness (QED) is 0.457. The second-order valence-electron chi connectivity index (χ2n) is 2.72. The summed E-state index contributed by atoms with van der Waals surface area (Å²) in [4.78, 5) is 3.95. The molecule has 0 spiro atoms. The average Bonchev–Trinajstić information content (AvgIpc) is 2.52. The Morgan fingerprint density at radius 1 is 1.55 bits per heavy atom. The molecule has 0 aromatic heterocycles. The SMILES string of the molecule is CN(C=NCN)N1CCCC1. The standard InChI is InChI=1S/C7H16N4/c1-10(7-9-6-8)11-4-2-3-5-11/h7H,2-6,8H2,1H3. The van der Waals surface area contributed by atoms with Crippen molar-refractivity contribution in [3.8, 4) is 0 Å². The maximum Gasteiger partial charge on any atom is 0.101 e. The predicted molar refractivity (Wildman–Crippen MR) is 46.1 cm³/mol. The molecule has 1 heterocycles. The highest BCUT2D eigenvalue weighted by Gasteiger charge is 2.13. The Bertz CT molecular complexity index is 128. The molecule has 0 atom stereocenters. The Balaban J connectivity index is 2.27. The van der Waals surface area contributed by atoms with E-state index in [4.69, 9.17) is 5.73 Å². The lowest BCUT2D eigenvalue weighted by molar-refractivity contribution is 0.109. The molecule has 4 heteroatoms. The van der Waals surface area contributed by atoms with Crippen molar-refractivity contribution in [2.45, 2.75) is 12.8 Å². The van der Waals surface area contributed by atoms with Crippen LogP contribution in [0.3, 0.4) is 0 Å². The van der Waals surface area contributed by atoms with Crippen LogP contribution in [-0.4, -0.2) is 43.2 Å². The third-order valence-electron chi connectivity index (χ3n) is 1.88. The summed E-state index contributed by atoms with van der Waals surface area (Å²) in [7, 11) is 2.00. The van der Waals surface area contributed by atoms with Crippen molar-refractivity contribution < 1.29 is 0 Å². The van der Waals surface area contributed by atoms with Gasteiger partial charge in [-0.2, -0.15) is 0 Å². The van der Waals surface area contributed by atoms with E-state index in [1.165, 1.54) is 12.8 Å². The minimum atomic E-state index is 0.373. The van der Waals surface area contributed by atoms with Gasteiger partial charge in [0.25, 0.3) is 0 Å². The summed E-state index contributed by atoms with van der Waals surface area (Å²) in [5.41, 5.74) is 5.23. The van der Waals surface area contributed by atoms with E-state index in [0.29, 0.717) is 6.67 Å². The molecule has 4 nitrogen and oxygen atoms in total. The summed E-state index contributed by atoms with van der Waals surface area (Å²) in [5, 5.41) is 4.28. The smallest absolute Gasteiger partial charge is 0.101 e. The van der Waals surface area contributed by atoms with Crippen LogP contribution >= 0.6 is 0 Å². The van der Waals surface area contributed by atoms with Gasteiger partial charge in [-0.25, -0.2) is 5.01 Å². The van der Waals surface area contributed by atoms with Gasteiger partial charge in [0.05, 0.1) is 6.67 Å². The fraction of sp³-hybridized carbons (Fsp3) is 0.857. The minimum Gasteiger partial charge on any atom is -0.312 e. The van der Waals surface area contributed by atoms with Gasteiger partial charge in [0.1, 0.15) is 6.34 Å². The number of hydrogen-bond donors (Lipinski definition) is 1. The highest BCUT2D eigenvalue weighted by atomic mass is 15.6. The molecule has 0 aromatic rings. The van der Waals surface area contributed by atoms with Gasteiger partial charge in [0.15, 0.2) is 0 Å². The highest BCUT2D eigenvalue weighted by Crippen LogP contribution is 2.07. The van der Waals surface area contributed by atoms with Gasteiger partial charge >= 0.3 is 0 Å². The van der Waals surface area contributed by atoms with E-state index < -0.39 is 0 Å². The van der Waals surface area contributed by atoms with Gasteiger partial charge in [-0.1, -0.05) is 0 Å². The van der Waals surface area contributed by atoms with Crippen LogP contribution in [-0.2, 0) is 0 Å². The molecular weight excluding hydrogens is 140 g/mol. The summed E-state index contributed by atoms with van der Waals surface area (Å²) in [6.45, 7) is 2.67. The largest absolute Gasteiger partial charge is 0.312 e. The summed E-state index contributed by atoms with van der Waals surface area (Å²) in [6, 6.07) is 0. The monoisotopic (exact) mass is 156 g/mol.